The number of benzene rings is 2. The van der Waals surface area contributed by atoms with Crippen LogP contribution in [-0.4, -0.2) is 27.7 Å². The maximum absolute atomic E-state index is 13.4. The van der Waals surface area contributed by atoms with Crippen LogP contribution in [0.2, 0.25) is 0 Å². The summed E-state index contributed by atoms with van der Waals surface area (Å²) in [5.41, 5.74) is -1.30. The van der Waals surface area contributed by atoms with Crippen molar-refractivity contribution in [3.05, 3.63) is 82.1 Å². The minimum atomic E-state index is -4.65. The van der Waals surface area contributed by atoms with Crippen molar-refractivity contribution < 1.29 is 35.5 Å². The van der Waals surface area contributed by atoms with E-state index in [-0.39, 0.29) is 22.8 Å². The van der Waals surface area contributed by atoms with E-state index in [0.717, 1.165) is 47.5 Å². The van der Waals surface area contributed by atoms with E-state index in [1.807, 2.05) is 0 Å². The molecule has 3 aromatic rings. The molecule has 13 heteroatoms. The fourth-order valence-electron chi connectivity index (χ4n) is 3.25. The molecular formula is C21H13F7N4OS. The van der Waals surface area contributed by atoms with Crippen LogP contribution in [0.4, 0.5) is 41.2 Å². The first kappa shape index (κ1) is 23.7. The number of amides is 2. The van der Waals surface area contributed by atoms with Crippen LogP contribution in [0.5, 0.6) is 0 Å². The smallest absolute Gasteiger partial charge is 0.306 e. The van der Waals surface area contributed by atoms with Gasteiger partial charge in [0.1, 0.15) is 5.82 Å². The molecular weight excluding hydrogens is 489 g/mol. The molecule has 178 valence electrons. The Labute approximate surface area is 191 Å². The number of nitrogens with zero attached hydrogens (tertiary/aromatic N) is 3. The second-order valence-electron chi connectivity index (χ2n) is 7.24. The van der Waals surface area contributed by atoms with Crippen molar-refractivity contribution in [1.29, 1.82) is 0 Å². The number of hydrazone groups is 1. The summed E-state index contributed by atoms with van der Waals surface area (Å²) >= 11 is 0.607. The van der Waals surface area contributed by atoms with Crippen molar-refractivity contribution in [3.8, 4) is 0 Å². The number of anilines is 1. The SMILES string of the molecule is O=C(Nc1ccc(C(F)(F)F)cc1)N1CC(c2cc(C(F)(F)F)ns2)C(c2ccc(F)cc2)=N1. The summed E-state index contributed by atoms with van der Waals surface area (Å²) in [5, 5.41) is 7.56. The zero-order chi connectivity index (χ0) is 24.7. The molecule has 0 radical (unpaired) electrons. The number of carbonyl (C=O) groups is 1. The molecule has 2 aromatic carbocycles. The highest BCUT2D eigenvalue weighted by Crippen LogP contribution is 2.36. The van der Waals surface area contributed by atoms with E-state index < -0.39 is 41.4 Å². The molecule has 1 aliphatic rings. The fourth-order valence-corrected chi connectivity index (χ4v) is 4.09. The predicted molar refractivity (Wildman–Crippen MR) is 110 cm³/mol. The van der Waals surface area contributed by atoms with Gasteiger partial charge in [-0.3, -0.25) is 0 Å². The molecule has 1 aromatic heterocycles. The van der Waals surface area contributed by atoms with Crippen molar-refractivity contribution in [2.24, 2.45) is 5.10 Å². The van der Waals surface area contributed by atoms with E-state index >= 15 is 0 Å². The van der Waals surface area contributed by atoms with E-state index in [1.54, 1.807) is 0 Å². The lowest BCUT2D eigenvalue weighted by molar-refractivity contribution is -0.140. The van der Waals surface area contributed by atoms with Gasteiger partial charge in [-0.25, -0.2) is 14.2 Å². The van der Waals surface area contributed by atoms with E-state index in [0.29, 0.717) is 17.1 Å². The van der Waals surface area contributed by atoms with Gasteiger partial charge in [-0.05, 0) is 59.6 Å². The normalized spacial score (nSPS) is 16.5. The van der Waals surface area contributed by atoms with Gasteiger partial charge < -0.3 is 5.32 Å². The quantitative estimate of drug-likeness (QED) is 0.424. The number of rotatable bonds is 3. The summed E-state index contributed by atoms with van der Waals surface area (Å²) in [6.07, 6.45) is -9.19. The molecule has 4 rings (SSSR count). The van der Waals surface area contributed by atoms with E-state index in [9.17, 15) is 35.5 Å². The Balaban J connectivity index is 1.60. The van der Waals surface area contributed by atoms with Gasteiger partial charge in [-0.15, -0.1) is 0 Å². The molecule has 0 fully saturated rings. The number of halogens is 7. The number of nitrogens with one attached hydrogen (secondary N) is 1. The third-order valence-corrected chi connectivity index (χ3v) is 5.82. The van der Waals surface area contributed by atoms with Crippen LogP contribution >= 0.6 is 11.5 Å². The molecule has 0 saturated carbocycles. The Morgan fingerprint density at radius 1 is 0.971 bits per heavy atom. The first-order valence-electron chi connectivity index (χ1n) is 9.56. The Hall–Kier alpha value is -3.48. The van der Waals surface area contributed by atoms with E-state index in [4.69, 9.17) is 0 Å². The molecule has 2 heterocycles. The van der Waals surface area contributed by atoms with Gasteiger partial charge in [0.25, 0.3) is 0 Å². The minimum Gasteiger partial charge on any atom is -0.306 e. The van der Waals surface area contributed by atoms with E-state index in [1.165, 1.54) is 12.1 Å². The largest absolute Gasteiger partial charge is 0.434 e. The highest BCUT2D eigenvalue weighted by atomic mass is 32.1. The highest BCUT2D eigenvalue weighted by Gasteiger charge is 2.38. The van der Waals surface area contributed by atoms with Crippen LogP contribution in [-0.2, 0) is 12.4 Å². The number of hydrogen-bond donors (Lipinski definition) is 1. The maximum Gasteiger partial charge on any atom is 0.434 e. The Morgan fingerprint density at radius 2 is 1.62 bits per heavy atom. The second-order valence-corrected chi connectivity index (χ2v) is 8.08. The van der Waals surface area contributed by atoms with E-state index in [2.05, 4.69) is 14.8 Å². The number of aromatic nitrogens is 1. The van der Waals surface area contributed by atoms with Crippen molar-refractivity contribution in [2.45, 2.75) is 18.3 Å². The monoisotopic (exact) mass is 502 g/mol. The van der Waals surface area contributed by atoms with Gasteiger partial charge in [0.05, 0.1) is 23.7 Å². The standard InChI is InChI=1S/C21H13F7N4OS/c22-13-5-1-11(2-6-13)18-15(16-9-17(31-34-16)21(26,27)28)10-32(30-18)19(33)29-14-7-3-12(4-8-14)20(23,24)25/h1-9,15H,10H2,(H,29,33). The molecule has 1 aliphatic heterocycles. The first-order valence-corrected chi connectivity index (χ1v) is 10.3. The van der Waals surface area contributed by atoms with Crippen molar-refractivity contribution in [3.63, 3.8) is 0 Å². The zero-order valence-corrected chi connectivity index (χ0v) is 17.6. The average Bonchev–Trinajstić information content (AvgIpc) is 3.41. The number of alkyl halides is 6. The third kappa shape index (κ3) is 5.03. The highest BCUT2D eigenvalue weighted by molar-refractivity contribution is 7.06. The summed E-state index contributed by atoms with van der Waals surface area (Å²) in [4.78, 5) is 12.9. The van der Waals surface area contributed by atoms with Crippen LogP contribution in [0.3, 0.4) is 0 Å². The zero-order valence-electron chi connectivity index (χ0n) is 16.8. The van der Waals surface area contributed by atoms with Crippen molar-refractivity contribution in [1.82, 2.24) is 9.38 Å². The maximum atomic E-state index is 13.4. The topological polar surface area (TPSA) is 57.6 Å². The minimum absolute atomic E-state index is 0.0668. The summed E-state index contributed by atoms with van der Waals surface area (Å²) in [7, 11) is 0. The lowest BCUT2D eigenvalue weighted by atomic mass is 9.96. The first-order chi connectivity index (χ1) is 15.9. The molecule has 1 unspecified atom stereocenters. The van der Waals surface area contributed by atoms with Gasteiger partial charge in [-0.1, -0.05) is 12.1 Å². The molecule has 5 nitrogen and oxygen atoms in total. The van der Waals surface area contributed by atoms with Crippen LogP contribution in [0.1, 0.15) is 27.6 Å². The molecule has 0 bridgehead atoms. The molecule has 0 aliphatic carbocycles. The van der Waals surface area contributed by atoms with Gasteiger partial charge >= 0.3 is 18.4 Å². The number of urea groups is 1. The predicted octanol–water partition coefficient (Wildman–Crippen LogP) is 6.36. The lowest BCUT2D eigenvalue weighted by Gasteiger charge is -2.15. The second kappa shape index (κ2) is 8.70. The molecule has 2 amide bonds. The fraction of sp³-hybridized carbons (Fsp3) is 0.190. The van der Waals surface area contributed by atoms with Gasteiger partial charge in [0, 0.05) is 10.6 Å². The van der Waals surface area contributed by atoms with Crippen LogP contribution in [0, 0.1) is 5.82 Å². The van der Waals surface area contributed by atoms with Crippen molar-refractivity contribution in [2.75, 3.05) is 11.9 Å². The molecule has 1 atom stereocenters. The average molecular weight is 502 g/mol. The molecule has 0 saturated heterocycles. The van der Waals surface area contributed by atoms with Gasteiger partial charge in [0.2, 0.25) is 0 Å². The number of carbonyl (C=O) groups excluding carboxylic acids is 1. The summed E-state index contributed by atoms with van der Waals surface area (Å²) < 4.78 is 94.1. The molecule has 0 spiro atoms. The lowest BCUT2D eigenvalue weighted by Crippen LogP contribution is -2.30. The molecule has 34 heavy (non-hydrogen) atoms. The Bertz CT molecular complexity index is 1220. The van der Waals surface area contributed by atoms with Crippen LogP contribution < -0.4 is 5.32 Å². The Morgan fingerprint density at radius 3 is 2.18 bits per heavy atom. The van der Waals surface area contributed by atoms with Crippen molar-refractivity contribution >= 4 is 29.0 Å². The molecule has 1 N–H and O–H groups in total. The van der Waals surface area contributed by atoms with Gasteiger partial charge in [-0.2, -0.15) is 35.8 Å². The summed E-state index contributed by atoms with van der Waals surface area (Å²) in [6, 6.07) is 8.84. The van der Waals surface area contributed by atoms with Crippen LogP contribution in [0.25, 0.3) is 0 Å². The third-order valence-electron chi connectivity index (χ3n) is 4.91. The summed E-state index contributed by atoms with van der Waals surface area (Å²) in [5.74, 6) is -1.31. The number of hydrogen-bond acceptors (Lipinski definition) is 4. The van der Waals surface area contributed by atoms with Gasteiger partial charge in [0.15, 0.2) is 5.69 Å². The van der Waals surface area contributed by atoms with Crippen LogP contribution in [0.15, 0.2) is 59.7 Å². The Kier molecular flexibility index (Phi) is 6.06. The summed E-state index contributed by atoms with van der Waals surface area (Å²) in [6.45, 7) is -0.154.